The fraction of sp³-hybridized carbons (Fsp3) is 0.300. The number of aromatic nitrogens is 1. The van der Waals surface area contributed by atoms with E-state index in [9.17, 15) is 14.4 Å². The number of amides is 1. The second-order valence-electron chi connectivity index (χ2n) is 9.30. The van der Waals surface area contributed by atoms with Crippen LogP contribution in [0.25, 0.3) is 0 Å². The van der Waals surface area contributed by atoms with E-state index in [1.165, 1.54) is 18.7 Å². The minimum absolute atomic E-state index is 0.0331. The number of nitrogens with one attached hydrogen (secondary N) is 2. The topological polar surface area (TPSA) is 122 Å². The van der Waals surface area contributed by atoms with Crippen LogP contribution in [0.3, 0.4) is 0 Å². The van der Waals surface area contributed by atoms with Gasteiger partial charge in [-0.3, -0.25) is 20.0 Å². The van der Waals surface area contributed by atoms with Gasteiger partial charge in [-0.25, -0.2) is 4.79 Å². The van der Waals surface area contributed by atoms with E-state index in [-0.39, 0.29) is 42.4 Å². The summed E-state index contributed by atoms with van der Waals surface area (Å²) in [6.07, 6.45) is 4.76. The van der Waals surface area contributed by atoms with E-state index in [4.69, 9.17) is 26.5 Å². The first-order valence-electron chi connectivity index (χ1n) is 13.2. The Balaban J connectivity index is 1.51. The summed E-state index contributed by atoms with van der Waals surface area (Å²) in [6.45, 7) is 3.34. The Bertz CT molecular complexity index is 1370. The first kappa shape index (κ1) is 28.8. The molecule has 2 aromatic carbocycles. The fourth-order valence-electron chi connectivity index (χ4n) is 4.34. The Morgan fingerprint density at radius 1 is 1.00 bits per heavy atom. The molecule has 1 fully saturated rings. The number of Topliss-reactive ketones (excluding diaryl/α,β-unsaturated/α-hetero) is 1. The molecule has 4 rings (SSSR count). The van der Waals surface area contributed by atoms with Crippen LogP contribution in [0.2, 0.25) is 5.02 Å². The van der Waals surface area contributed by atoms with Crippen LogP contribution in [-0.2, 0) is 16.0 Å². The number of hydrogen-bond donors (Lipinski definition) is 2. The molecule has 0 saturated carbocycles. The summed E-state index contributed by atoms with van der Waals surface area (Å²) in [6, 6.07) is 14.8. The first-order chi connectivity index (χ1) is 19.3. The lowest BCUT2D eigenvalue weighted by molar-refractivity contribution is -0.145. The number of pyridine rings is 1. The molecular weight excluding hydrogens is 532 g/mol. The number of halogens is 1. The molecule has 9 nitrogen and oxygen atoms in total. The highest BCUT2D eigenvalue weighted by atomic mass is 35.5. The largest absolute Gasteiger partial charge is 0.482 e. The number of carbonyl (C=O) groups is 3. The standard InChI is InChI=1S/C30H31ClN4O5/c1-2-39-28(37)19-40-24-12-13-26(25(17-24)27(36)16-23-11-10-22(31)18-33-23)34-30(38)21-8-6-20(7-9-21)29(32)35-14-4-3-5-15-35/h6-13,17-18,32H,2-5,14-16,19H2,1H3,(H,34,38). The van der Waals surface area contributed by atoms with E-state index >= 15 is 0 Å². The van der Waals surface area contributed by atoms with Crippen molar-refractivity contribution in [2.45, 2.75) is 32.6 Å². The summed E-state index contributed by atoms with van der Waals surface area (Å²) in [5.74, 6) is -0.519. The predicted octanol–water partition coefficient (Wildman–Crippen LogP) is 5.17. The van der Waals surface area contributed by atoms with Gasteiger partial charge in [0.15, 0.2) is 12.4 Å². The molecule has 0 aliphatic carbocycles. The van der Waals surface area contributed by atoms with Crippen molar-refractivity contribution in [3.8, 4) is 5.75 Å². The first-order valence-corrected chi connectivity index (χ1v) is 13.5. The van der Waals surface area contributed by atoms with Crippen LogP contribution in [0.4, 0.5) is 5.69 Å². The third kappa shape index (κ3) is 7.66. The second-order valence-corrected chi connectivity index (χ2v) is 9.73. The number of anilines is 1. The number of carbonyl (C=O) groups excluding carboxylic acids is 3. The van der Waals surface area contributed by atoms with Gasteiger partial charge in [-0.05, 0) is 68.7 Å². The maximum absolute atomic E-state index is 13.3. The smallest absolute Gasteiger partial charge is 0.344 e. The molecule has 0 bridgehead atoms. The van der Waals surface area contributed by atoms with E-state index < -0.39 is 11.9 Å². The third-order valence-electron chi connectivity index (χ3n) is 6.42. The highest BCUT2D eigenvalue weighted by Crippen LogP contribution is 2.25. The van der Waals surface area contributed by atoms with Crippen LogP contribution in [0.15, 0.2) is 60.8 Å². The zero-order valence-electron chi connectivity index (χ0n) is 22.2. The average Bonchev–Trinajstić information content (AvgIpc) is 2.98. The summed E-state index contributed by atoms with van der Waals surface area (Å²) in [4.78, 5) is 44.4. The quantitative estimate of drug-likeness (QED) is 0.151. The van der Waals surface area contributed by atoms with E-state index in [1.54, 1.807) is 55.5 Å². The predicted molar refractivity (Wildman–Crippen MR) is 152 cm³/mol. The number of esters is 1. The van der Waals surface area contributed by atoms with Gasteiger partial charge < -0.3 is 19.7 Å². The van der Waals surface area contributed by atoms with Crippen LogP contribution in [-0.4, -0.2) is 59.7 Å². The maximum atomic E-state index is 13.3. The van der Waals surface area contributed by atoms with E-state index in [0.29, 0.717) is 22.1 Å². The summed E-state index contributed by atoms with van der Waals surface area (Å²) in [5, 5.41) is 11.8. The molecule has 1 amide bonds. The van der Waals surface area contributed by atoms with Crippen molar-refractivity contribution in [1.29, 1.82) is 5.41 Å². The van der Waals surface area contributed by atoms with Gasteiger partial charge in [0.1, 0.15) is 11.6 Å². The summed E-state index contributed by atoms with van der Waals surface area (Å²) >= 11 is 5.91. The number of amidine groups is 1. The van der Waals surface area contributed by atoms with Crippen molar-refractivity contribution < 1.29 is 23.9 Å². The molecule has 1 aliphatic heterocycles. The number of ketones is 1. The van der Waals surface area contributed by atoms with E-state index in [2.05, 4.69) is 15.2 Å². The van der Waals surface area contributed by atoms with Crippen molar-refractivity contribution in [3.05, 3.63) is 88.2 Å². The lowest BCUT2D eigenvalue weighted by atomic mass is 10.0. The third-order valence-corrected chi connectivity index (χ3v) is 6.65. The van der Waals surface area contributed by atoms with Gasteiger partial charge in [0.05, 0.1) is 23.7 Å². The van der Waals surface area contributed by atoms with E-state index in [0.717, 1.165) is 31.5 Å². The number of hydrogen-bond acceptors (Lipinski definition) is 7. The normalized spacial score (nSPS) is 12.9. The molecule has 40 heavy (non-hydrogen) atoms. The van der Waals surface area contributed by atoms with Crippen LogP contribution in [0.1, 0.15) is 58.2 Å². The number of nitrogens with zero attached hydrogens (tertiary/aromatic N) is 2. The molecule has 2 N–H and O–H groups in total. The molecule has 2 heterocycles. The highest BCUT2D eigenvalue weighted by Gasteiger charge is 2.19. The Hall–Kier alpha value is -4.24. The van der Waals surface area contributed by atoms with Crippen LogP contribution in [0, 0.1) is 5.41 Å². The molecule has 1 saturated heterocycles. The molecule has 0 radical (unpaired) electrons. The van der Waals surface area contributed by atoms with Gasteiger partial charge >= 0.3 is 5.97 Å². The van der Waals surface area contributed by atoms with Crippen molar-refractivity contribution in [1.82, 2.24) is 9.88 Å². The summed E-state index contributed by atoms with van der Waals surface area (Å²) < 4.78 is 10.4. The molecule has 0 unspecified atom stereocenters. The fourth-order valence-corrected chi connectivity index (χ4v) is 4.45. The maximum Gasteiger partial charge on any atom is 0.344 e. The Kier molecular flexibility index (Phi) is 9.86. The van der Waals surface area contributed by atoms with Gasteiger partial charge in [-0.15, -0.1) is 0 Å². The lowest BCUT2D eigenvalue weighted by Gasteiger charge is -2.29. The zero-order valence-corrected chi connectivity index (χ0v) is 23.0. The van der Waals surface area contributed by atoms with Gasteiger partial charge in [0.2, 0.25) is 0 Å². The molecule has 1 aliphatic rings. The number of piperidine rings is 1. The minimum atomic E-state index is -0.532. The molecule has 0 spiro atoms. The number of likely N-dealkylation sites (tertiary alicyclic amines) is 1. The zero-order chi connectivity index (χ0) is 28.5. The van der Waals surface area contributed by atoms with Crippen molar-refractivity contribution >= 4 is 40.8 Å². The average molecular weight is 563 g/mol. The summed E-state index contributed by atoms with van der Waals surface area (Å²) in [5.41, 5.74) is 2.13. The van der Waals surface area contributed by atoms with Crippen LogP contribution in [0.5, 0.6) is 5.75 Å². The number of benzene rings is 2. The van der Waals surface area contributed by atoms with Gasteiger partial charge in [-0.2, -0.15) is 0 Å². The molecule has 10 heteroatoms. The lowest BCUT2D eigenvalue weighted by Crippen LogP contribution is -2.35. The Morgan fingerprint density at radius 3 is 2.40 bits per heavy atom. The summed E-state index contributed by atoms with van der Waals surface area (Å²) in [7, 11) is 0. The number of rotatable bonds is 10. The second kappa shape index (κ2) is 13.7. The van der Waals surface area contributed by atoms with Crippen molar-refractivity contribution in [2.75, 3.05) is 31.6 Å². The molecule has 1 aromatic heterocycles. The van der Waals surface area contributed by atoms with Crippen molar-refractivity contribution in [2.24, 2.45) is 0 Å². The molecule has 0 atom stereocenters. The highest BCUT2D eigenvalue weighted by molar-refractivity contribution is 6.30. The number of ether oxygens (including phenoxy) is 2. The van der Waals surface area contributed by atoms with Crippen LogP contribution < -0.4 is 10.1 Å². The van der Waals surface area contributed by atoms with Gasteiger partial charge in [-0.1, -0.05) is 23.7 Å². The Labute approximate surface area is 238 Å². The van der Waals surface area contributed by atoms with Crippen molar-refractivity contribution in [3.63, 3.8) is 0 Å². The monoisotopic (exact) mass is 562 g/mol. The molecular formula is C30H31ClN4O5. The Morgan fingerprint density at radius 2 is 1.73 bits per heavy atom. The van der Waals surface area contributed by atoms with Gasteiger partial charge in [0, 0.05) is 41.7 Å². The molecule has 208 valence electrons. The molecule has 3 aromatic rings. The van der Waals surface area contributed by atoms with Gasteiger partial charge in [0.25, 0.3) is 5.91 Å². The van der Waals surface area contributed by atoms with Crippen LogP contribution >= 0.6 is 11.6 Å². The minimum Gasteiger partial charge on any atom is -0.482 e. The SMILES string of the molecule is CCOC(=O)COc1ccc(NC(=O)c2ccc(C(=N)N3CCCCC3)cc2)c(C(=O)Cc2ccc(Cl)cn2)c1. The van der Waals surface area contributed by atoms with E-state index in [1.807, 2.05) is 0 Å².